The zero-order chi connectivity index (χ0) is 20.5. The molecule has 0 bridgehead atoms. The van der Waals surface area contributed by atoms with Crippen molar-refractivity contribution >= 4 is 5.97 Å². The smallest absolute Gasteiger partial charge is 0.314 e. The Hall–Kier alpha value is -1.31. The van der Waals surface area contributed by atoms with Crippen molar-refractivity contribution in [1.29, 1.82) is 0 Å². The quantitative estimate of drug-likeness (QED) is 0.239. The zero-order valence-corrected chi connectivity index (χ0v) is 18.8. The molecule has 2 heteroatoms. The highest BCUT2D eigenvalue weighted by Gasteiger charge is 2.27. The van der Waals surface area contributed by atoms with Crippen molar-refractivity contribution in [1.82, 2.24) is 0 Å². The van der Waals surface area contributed by atoms with E-state index in [2.05, 4.69) is 26.0 Å². The van der Waals surface area contributed by atoms with Crippen LogP contribution in [-0.2, 0) is 4.79 Å². The summed E-state index contributed by atoms with van der Waals surface area (Å²) in [5.41, 5.74) is 1.42. The standard InChI is InChI=1S/C27H42O2/c1-3-5-6-7-8-22-11-15-25(16-12-22)27(28)29-26-19-17-24(18-20-26)23-13-9-21(4-2)10-14-23/h17-23,25H,3-16H2,1-2H3. The lowest BCUT2D eigenvalue weighted by Crippen LogP contribution is -2.25. The van der Waals surface area contributed by atoms with Crippen LogP contribution < -0.4 is 4.74 Å². The normalized spacial score (nSPS) is 27.5. The third kappa shape index (κ3) is 6.86. The lowest BCUT2D eigenvalue weighted by atomic mass is 9.78. The van der Waals surface area contributed by atoms with Gasteiger partial charge in [0.1, 0.15) is 5.75 Å². The summed E-state index contributed by atoms with van der Waals surface area (Å²) < 4.78 is 5.74. The number of carbonyl (C=O) groups excluding carboxylic acids is 1. The van der Waals surface area contributed by atoms with Gasteiger partial charge in [0.05, 0.1) is 5.92 Å². The van der Waals surface area contributed by atoms with Crippen molar-refractivity contribution in [3.63, 3.8) is 0 Å². The number of rotatable bonds is 9. The highest BCUT2D eigenvalue weighted by molar-refractivity contribution is 5.75. The van der Waals surface area contributed by atoms with Gasteiger partial charge in [-0.15, -0.1) is 0 Å². The number of esters is 1. The fourth-order valence-corrected chi connectivity index (χ4v) is 5.46. The summed E-state index contributed by atoms with van der Waals surface area (Å²) in [5, 5.41) is 0. The molecule has 1 aromatic carbocycles. The molecule has 2 aliphatic carbocycles. The number of hydrogen-bond donors (Lipinski definition) is 0. The molecule has 0 spiro atoms. The predicted molar refractivity (Wildman–Crippen MR) is 121 cm³/mol. The lowest BCUT2D eigenvalue weighted by Gasteiger charge is -2.28. The van der Waals surface area contributed by atoms with Crippen LogP contribution in [0.5, 0.6) is 5.75 Å². The van der Waals surface area contributed by atoms with Gasteiger partial charge >= 0.3 is 5.97 Å². The van der Waals surface area contributed by atoms with E-state index in [0.717, 1.165) is 30.4 Å². The molecule has 0 amide bonds. The first-order valence-corrected chi connectivity index (χ1v) is 12.5. The topological polar surface area (TPSA) is 26.3 Å². The second kappa shape index (κ2) is 11.8. The average molecular weight is 399 g/mol. The molecule has 1 aromatic rings. The zero-order valence-electron chi connectivity index (χ0n) is 18.8. The molecule has 0 heterocycles. The molecule has 0 radical (unpaired) electrons. The Morgan fingerprint density at radius 2 is 1.48 bits per heavy atom. The number of carbonyl (C=O) groups is 1. The minimum Gasteiger partial charge on any atom is -0.426 e. The van der Waals surface area contributed by atoms with Gasteiger partial charge in [-0.3, -0.25) is 4.79 Å². The van der Waals surface area contributed by atoms with Crippen LogP contribution in [0.1, 0.15) is 115 Å². The van der Waals surface area contributed by atoms with Crippen LogP contribution >= 0.6 is 0 Å². The van der Waals surface area contributed by atoms with Crippen LogP contribution in [0.4, 0.5) is 0 Å². The fourth-order valence-electron chi connectivity index (χ4n) is 5.46. The lowest BCUT2D eigenvalue weighted by molar-refractivity contribution is -0.140. The molecule has 3 rings (SSSR count). The molecule has 0 atom stereocenters. The molecule has 29 heavy (non-hydrogen) atoms. The summed E-state index contributed by atoms with van der Waals surface area (Å²) in [6.07, 6.45) is 17.8. The summed E-state index contributed by atoms with van der Waals surface area (Å²) in [5.74, 6) is 3.27. The second-order valence-corrected chi connectivity index (χ2v) is 9.68. The Morgan fingerprint density at radius 3 is 2.10 bits per heavy atom. The van der Waals surface area contributed by atoms with Gasteiger partial charge in [-0.05, 0) is 86.8 Å². The summed E-state index contributed by atoms with van der Waals surface area (Å²) in [6.45, 7) is 4.58. The Balaban J connectivity index is 1.40. The van der Waals surface area contributed by atoms with Gasteiger partial charge in [0.25, 0.3) is 0 Å². The van der Waals surface area contributed by atoms with Crippen molar-refractivity contribution in [2.24, 2.45) is 17.8 Å². The Bertz CT molecular complexity index is 589. The van der Waals surface area contributed by atoms with E-state index in [0.29, 0.717) is 5.92 Å². The Kier molecular flexibility index (Phi) is 9.08. The van der Waals surface area contributed by atoms with Crippen LogP contribution in [0.2, 0.25) is 0 Å². The number of ether oxygens (including phenoxy) is 1. The number of unbranched alkanes of at least 4 members (excludes halogenated alkanes) is 3. The molecular weight excluding hydrogens is 356 g/mol. The number of hydrogen-bond acceptors (Lipinski definition) is 2. The van der Waals surface area contributed by atoms with Crippen LogP contribution in [0.15, 0.2) is 24.3 Å². The van der Waals surface area contributed by atoms with Gasteiger partial charge in [-0.2, -0.15) is 0 Å². The maximum absolute atomic E-state index is 12.6. The van der Waals surface area contributed by atoms with Crippen LogP contribution in [0.3, 0.4) is 0 Å². The van der Waals surface area contributed by atoms with Crippen LogP contribution in [0, 0.1) is 17.8 Å². The minimum absolute atomic E-state index is 0.00867. The van der Waals surface area contributed by atoms with E-state index < -0.39 is 0 Å². The molecule has 2 nitrogen and oxygen atoms in total. The molecule has 0 aromatic heterocycles. The Labute approximate surface area is 178 Å². The highest BCUT2D eigenvalue weighted by Crippen LogP contribution is 2.37. The molecule has 2 saturated carbocycles. The van der Waals surface area contributed by atoms with E-state index in [1.807, 2.05) is 12.1 Å². The molecule has 162 valence electrons. The molecular formula is C27H42O2. The van der Waals surface area contributed by atoms with E-state index >= 15 is 0 Å². The van der Waals surface area contributed by atoms with E-state index in [1.165, 1.54) is 82.6 Å². The average Bonchev–Trinajstić information content (AvgIpc) is 2.78. The first-order valence-electron chi connectivity index (χ1n) is 12.5. The van der Waals surface area contributed by atoms with Crippen molar-refractivity contribution in [3.8, 4) is 5.75 Å². The van der Waals surface area contributed by atoms with Gasteiger partial charge in [0.2, 0.25) is 0 Å². The van der Waals surface area contributed by atoms with E-state index in [9.17, 15) is 4.79 Å². The SMILES string of the molecule is CCCCCCC1CCC(C(=O)Oc2ccc(C3CCC(CC)CC3)cc2)CC1. The molecule has 0 aliphatic heterocycles. The third-order valence-corrected chi connectivity index (χ3v) is 7.64. The third-order valence-electron chi connectivity index (χ3n) is 7.64. The van der Waals surface area contributed by atoms with Crippen LogP contribution in [-0.4, -0.2) is 5.97 Å². The predicted octanol–water partition coefficient (Wildman–Crippen LogP) is 8.05. The van der Waals surface area contributed by atoms with Crippen molar-refractivity contribution in [2.75, 3.05) is 0 Å². The molecule has 0 unspecified atom stereocenters. The second-order valence-electron chi connectivity index (χ2n) is 9.68. The van der Waals surface area contributed by atoms with E-state index in [-0.39, 0.29) is 11.9 Å². The van der Waals surface area contributed by atoms with Crippen LogP contribution in [0.25, 0.3) is 0 Å². The maximum atomic E-state index is 12.6. The van der Waals surface area contributed by atoms with Gasteiger partial charge in [0.15, 0.2) is 0 Å². The van der Waals surface area contributed by atoms with E-state index in [1.54, 1.807) is 0 Å². The Morgan fingerprint density at radius 1 is 0.828 bits per heavy atom. The van der Waals surface area contributed by atoms with Crippen molar-refractivity contribution in [2.45, 2.75) is 110 Å². The highest BCUT2D eigenvalue weighted by atomic mass is 16.5. The molecule has 0 saturated heterocycles. The summed E-state index contributed by atoms with van der Waals surface area (Å²) >= 11 is 0. The van der Waals surface area contributed by atoms with Gasteiger partial charge in [0, 0.05) is 0 Å². The first-order chi connectivity index (χ1) is 14.2. The van der Waals surface area contributed by atoms with Crippen molar-refractivity contribution in [3.05, 3.63) is 29.8 Å². The number of benzene rings is 1. The summed E-state index contributed by atoms with van der Waals surface area (Å²) in [6, 6.07) is 8.40. The van der Waals surface area contributed by atoms with Crippen molar-refractivity contribution < 1.29 is 9.53 Å². The molecule has 0 N–H and O–H groups in total. The monoisotopic (exact) mass is 398 g/mol. The first kappa shape index (κ1) is 22.4. The minimum atomic E-state index is -0.00867. The largest absolute Gasteiger partial charge is 0.426 e. The maximum Gasteiger partial charge on any atom is 0.314 e. The van der Waals surface area contributed by atoms with Gasteiger partial charge < -0.3 is 4.74 Å². The fraction of sp³-hybridized carbons (Fsp3) is 0.741. The summed E-state index contributed by atoms with van der Waals surface area (Å²) in [7, 11) is 0. The van der Waals surface area contributed by atoms with E-state index in [4.69, 9.17) is 4.74 Å². The summed E-state index contributed by atoms with van der Waals surface area (Å²) in [4.78, 5) is 12.6. The van der Waals surface area contributed by atoms with Gasteiger partial charge in [-0.1, -0.05) is 64.5 Å². The molecule has 2 fully saturated rings. The molecule has 2 aliphatic rings. The van der Waals surface area contributed by atoms with Gasteiger partial charge in [-0.25, -0.2) is 0 Å².